The Morgan fingerprint density at radius 2 is 2.06 bits per heavy atom. The molecule has 0 heterocycles. The Hall–Kier alpha value is -1.15. The summed E-state index contributed by atoms with van der Waals surface area (Å²) in [6.07, 6.45) is 8.26. The summed E-state index contributed by atoms with van der Waals surface area (Å²) in [6.45, 7) is 11.9. The van der Waals surface area contributed by atoms with Crippen LogP contribution in [0.4, 0.5) is 4.39 Å². The summed E-state index contributed by atoms with van der Waals surface area (Å²) in [5, 5.41) is 0. The summed E-state index contributed by atoms with van der Waals surface area (Å²) in [5.41, 5.74) is 3.47. The second-order valence-corrected chi connectivity index (χ2v) is 4.58. The number of likely N-dealkylation sites (N-methyl/N-ethyl adjacent to an activating group) is 1. The van der Waals surface area contributed by atoms with Crippen molar-refractivity contribution in [2.24, 2.45) is 0 Å². The molecule has 0 aliphatic carbocycles. The highest BCUT2D eigenvalue weighted by Crippen LogP contribution is 2.14. The SMILES string of the molecule is C=C(/C=C(/C)CN(C)CC)CC(=C/C)/C=C/CF. The highest BCUT2D eigenvalue weighted by molar-refractivity contribution is 5.30. The van der Waals surface area contributed by atoms with Crippen LogP contribution in [-0.2, 0) is 0 Å². The van der Waals surface area contributed by atoms with Crippen molar-refractivity contribution in [3.05, 3.63) is 47.6 Å². The van der Waals surface area contributed by atoms with E-state index in [0.29, 0.717) is 0 Å². The first kappa shape index (κ1) is 16.9. The van der Waals surface area contributed by atoms with E-state index in [4.69, 9.17) is 0 Å². The topological polar surface area (TPSA) is 3.24 Å². The Balaban J connectivity index is 4.40. The molecule has 0 aromatic carbocycles. The first-order chi connectivity index (χ1) is 8.53. The quantitative estimate of drug-likeness (QED) is 0.581. The molecule has 0 aromatic rings. The lowest BCUT2D eigenvalue weighted by Gasteiger charge is -2.14. The van der Waals surface area contributed by atoms with Crippen LogP contribution in [0, 0.1) is 0 Å². The number of hydrogen-bond acceptors (Lipinski definition) is 1. The van der Waals surface area contributed by atoms with Gasteiger partial charge in [-0.05, 0) is 39.4 Å². The van der Waals surface area contributed by atoms with E-state index < -0.39 is 6.67 Å². The molecule has 1 nitrogen and oxygen atoms in total. The van der Waals surface area contributed by atoms with Crippen LogP contribution in [0.15, 0.2) is 47.6 Å². The molecule has 0 unspecified atom stereocenters. The molecule has 0 radical (unpaired) electrons. The minimum absolute atomic E-state index is 0.417. The van der Waals surface area contributed by atoms with E-state index in [1.807, 2.05) is 19.1 Å². The van der Waals surface area contributed by atoms with Crippen LogP contribution in [0.25, 0.3) is 0 Å². The van der Waals surface area contributed by atoms with E-state index in [1.54, 1.807) is 0 Å². The number of alkyl halides is 1. The van der Waals surface area contributed by atoms with Gasteiger partial charge in [0.15, 0.2) is 0 Å². The second kappa shape index (κ2) is 9.84. The fourth-order valence-electron chi connectivity index (χ4n) is 1.70. The summed E-state index contributed by atoms with van der Waals surface area (Å²) >= 11 is 0. The van der Waals surface area contributed by atoms with E-state index in [1.165, 1.54) is 11.6 Å². The molecular weight excluding hydrogens is 225 g/mol. The smallest absolute Gasteiger partial charge is 0.108 e. The van der Waals surface area contributed by atoms with Gasteiger partial charge in [0, 0.05) is 6.54 Å². The largest absolute Gasteiger partial charge is 0.303 e. The lowest BCUT2D eigenvalue weighted by Crippen LogP contribution is -2.19. The molecule has 0 aromatic heterocycles. The van der Waals surface area contributed by atoms with E-state index in [2.05, 4.69) is 38.5 Å². The molecule has 0 aliphatic rings. The van der Waals surface area contributed by atoms with Crippen LogP contribution in [0.1, 0.15) is 27.2 Å². The lowest BCUT2D eigenvalue weighted by molar-refractivity contribution is 0.383. The van der Waals surface area contributed by atoms with Crippen molar-refractivity contribution in [2.45, 2.75) is 27.2 Å². The van der Waals surface area contributed by atoms with Gasteiger partial charge in [0.25, 0.3) is 0 Å². The standard InChI is InChI=1S/C16H26FN/c1-6-16(9-8-10-17)12-14(3)11-15(4)13-18(5)7-2/h6,8-9,11H,3,7,10,12-13H2,1-2,4-5H3/b9-8+,15-11-,16-6+. The zero-order chi connectivity index (χ0) is 14.0. The molecule has 2 heteroatoms. The number of allylic oxidation sites excluding steroid dienone is 6. The first-order valence-corrected chi connectivity index (χ1v) is 6.44. The van der Waals surface area contributed by atoms with Crippen LogP contribution in [-0.4, -0.2) is 31.7 Å². The molecule has 0 bridgehead atoms. The summed E-state index contributed by atoms with van der Waals surface area (Å²) in [5.74, 6) is 0. The van der Waals surface area contributed by atoms with Crippen molar-refractivity contribution in [3.63, 3.8) is 0 Å². The molecule has 0 saturated heterocycles. The van der Waals surface area contributed by atoms with E-state index in [0.717, 1.165) is 30.7 Å². The monoisotopic (exact) mass is 251 g/mol. The highest BCUT2D eigenvalue weighted by Gasteiger charge is 1.99. The maximum absolute atomic E-state index is 12.1. The van der Waals surface area contributed by atoms with Crippen molar-refractivity contribution in [3.8, 4) is 0 Å². The Labute approximate surface area is 111 Å². The molecule has 0 fully saturated rings. The van der Waals surface area contributed by atoms with Crippen LogP contribution in [0.2, 0.25) is 0 Å². The van der Waals surface area contributed by atoms with Gasteiger partial charge < -0.3 is 4.90 Å². The molecule has 0 aliphatic heterocycles. The third-order valence-electron chi connectivity index (χ3n) is 2.73. The van der Waals surface area contributed by atoms with Gasteiger partial charge in [0.1, 0.15) is 6.67 Å². The van der Waals surface area contributed by atoms with Crippen molar-refractivity contribution in [1.82, 2.24) is 4.90 Å². The first-order valence-electron chi connectivity index (χ1n) is 6.44. The van der Waals surface area contributed by atoms with Crippen LogP contribution >= 0.6 is 0 Å². The molecule has 18 heavy (non-hydrogen) atoms. The molecule has 0 saturated carbocycles. The maximum Gasteiger partial charge on any atom is 0.108 e. The predicted octanol–water partition coefficient (Wildman–Crippen LogP) is 4.30. The molecular formula is C16H26FN. The van der Waals surface area contributed by atoms with E-state index in [-0.39, 0.29) is 0 Å². The molecule has 102 valence electrons. The second-order valence-electron chi connectivity index (χ2n) is 4.58. The predicted molar refractivity (Wildman–Crippen MR) is 79.6 cm³/mol. The summed E-state index contributed by atoms with van der Waals surface area (Å²) in [6, 6.07) is 0. The zero-order valence-corrected chi connectivity index (χ0v) is 12.2. The minimum Gasteiger partial charge on any atom is -0.303 e. The fourth-order valence-corrected chi connectivity index (χ4v) is 1.70. The average molecular weight is 251 g/mol. The molecule has 0 N–H and O–H groups in total. The van der Waals surface area contributed by atoms with E-state index in [9.17, 15) is 4.39 Å². The van der Waals surface area contributed by atoms with Gasteiger partial charge in [0.2, 0.25) is 0 Å². The van der Waals surface area contributed by atoms with Crippen LogP contribution in [0.5, 0.6) is 0 Å². The highest BCUT2D eigenvalue weighted by atomic mass is 19.1. The Kier molecular flexibility index (Phi) is 9.21. The number of halogens is 1. The van der Waals surface area contributed by atoms with Gasteiger partial charge in [-0.2, -0.15) is 0 Å². The third-order valence-corrected chi connectivity index (χ3v) is 2.73. The Bertz CT molecular complexity index is 337. The van der Waals surface area contributed by atoms with Gasteiger partial charge >= 0.3 is 0 Å². The Morgan fingerprint density at radius 3 is 2.56 bits per heavy atom. The normalized spacial score (nSPS) is 13.7. The van der Waals surface area contributed by atoms with Crippen LogP contribution < -0.4 is 0 Å². The number of hydrogen-bond donors (Lipinski definition) is 0. The summed E-state index contributed by atoms with van der Waals surface area (Å²) < 4.78 is 12.1. The van der Waals surface area contributed by atoms with Gasteiger partial charge in [-0.25, -0.2) is 4.39 Å². The van der Waals surface area contributed by atoms with Gasteiger partial charge in [-0.15, -0.1) is 0 Å². The summed E-state index contributed by atoms with van der Waals surface area (Å²) in [4.78, 5) is 2.25. The third kappa shape index (κ3) is 8.02. The number of nitrogens with zero attached hydrogens (tertiary/aromatic N) is 1. The van der Waals surface area contributed by atoms with Crippen molar-refractivity contribution in [1.29, 1.82) is 0 Å². The zero-order valence-electron chi connectivity index (χ0n) is 12.2. The maximum atomic E-state index is 12.1. The molecule has 0 spiro atoms. The number of rotatable bonds is 8. The van der Waals surface area contributed by atoms with E-state index >= 15 is 0 Å². The lowest BCUT2D eigenvalue weighted by atomic mass is 10.0. The van der Waals surface area contributed by atoms with Crippen molar-refractivity contribution in [2.75, 3.05) is 26.8 Å². The minimum atomic E-state index is -0.417. The van der Waals surface area contributed by atoms with Gasteiger partial charge in [-0.3, -0.25) is 0 Å². The molecule has 0 atom stereocenters. The molecule has 0 amide bonds. The van der Waals surface area contributed by atoms with Gasteiger partial charge in [-0.1, -0.05) is 49.0 Å². The molecule has 0 rings (SSSR count). The summed E-state index contributed by atoms with van der Waals surface area (Å²) in [7, 11) is 2.10. The van der Waals surface area contributed by atoms with Crippen LogP contribution in [0.3, 0.4) is 0 Å². The van der Waals surface area contributed by atoms with Gasteiger partial charge in [0.05, 0.1) is 0 Å². The van der Waals surface area contributed by atoms with Crippen molar-refractivity contribution >= 4 is 0 Å². The fraction of sp³-hybridized carbons (Fsp3) is 0.500. The van der Waals surface area contributed by atoms with Crippen molar-refractivity contribution < 1.29 is 4.39 Å². The Morgan fingerprint density at radius 1 is 1.39 bits per heavy atom. The average Bonchev–Trinajstić information content (AvgIpc) is 2.33.